The number of halogens is 2. The second kappa shape index (κ2) is 8.41. The van der Waals surface area contributed by atoms with Crippen LogP contribution in [0.2, 0.25) is 0 Å². The number of aryl methyl sites for hydroxylation is 1. The Morgan fingerprint density at radius 1 is 1.32 bits per heavy atom. The van der Waals surface area contributed by atoms with Gasteiger partial charge in [-0.05, 0) is 24.6 Å². The molecule has 0 spiro atoms. The topological polar surface area (TPSA) is 67.6 Å². The standard InChI is InChI=1S/C16H22F2N6O/c1-11-21-22-14(24(11)4)9-20-16(19-2)23(3)10-12-5-7-13(8-6-12)25-15(17)18/h5-8,15H,9-10H2,1-4H3,(H,19,20). The summed E-state index contributed by atoms with van der Waals surface area (Å²) in [6.45, 7) is 0.127. The van der Waals surface area contributed by atoms with Gasteiger partial charge in [-0.2, -0.15) is 8.78 Å². The third-order valence-electron chi connectivity index (χ3n) is 3.73. The van der Waals surface area contributed by atoms with Gasteiger partial charge in [0, 0.05) is 27.7 Å². The minimum absolute atomic E-state index is 0.140. The Balaban J connectivity index is 1.93. The quantitative estimate of drug-likeness (QED) is 0.636. The lowest BCUT2D eigenvalue weighted by atomic mass is 10.2. The molecule has 1 aromatic heterocycles. The highest BCUT2D eigenvalue weighted by molar-refractivity contribution is 5.79. The predicted octanol–water partition coefficient (Wildman–Crippen LogP) is 1.93. The molecule has 1 N–H and O–H groups in total. The molecule has 0 bridgehead atoms. The monoisotopic (exact) mass is 352 g/mol. The van der Waals surface area contributed by atoms with E-state index in [2.05, 4.69) is 25.2 Å². The molecule has 25 heavy (non-hydrogen) atoms. The van der Waals surface area contributed by atoms with E-state index in [0.29, 0.717) is 19.0 Å². The van der Waals surface area contributed by atoms with E-state index in [1.54, 1.807) is 19.2 Å². The van der Waals surface area contributed by atoms with E-state index >= 15 is 0 Å². The van der Waals surface area contributed by atoms with Gasteiger partial charge >= 0.3 is 6.61 Å². The van der Waals surface area contributed by atoms with E-state index < -0.39 is 6.61 Å². The maximum absolute atomic E-state index is 12.2. The zero-order chi connectivity index (χ0) is 18.4. The number of guanidine groups is 1. The largest absolute Gasteiger partial charge is 0.435 e. The second-order valence-corrected chi connectivity index (χ2v) is 5.50. The normalized spacial score (nSPS) is 11.7. The van der Waals surface area contributed by atoms with Gasteiger partial charge in [-0.25, -0.2) is 0 Å². The number of aliphatic imine (C=N–C) groups is 1. The molecule has 7 nitrogen and oxygen atoms in total. The van der Waals surface area contributed by atoms with Crippen LogP contribution in [0.25, 0.3) is 0 Å². The Hall–Kier alpha value is -2.71. The number of rotatable bonds is 6. The Kier molecular flexibility index (Phi) is 6.26. The van der Waals surface area contributed by atoms with Crippen molar-refractivity contribution in [3.8, 4) is 5.75 Å². The molecule has 0 fully saturated rings. The number of nitrogens with one attached hydrogen (secondary N) is 1. The average molecular weight is 352 g/mol. The lowest BCUT2D eigenvalue weighted by molar-refractivity contribution is -0.0498. The first-order chi connectivity index (χ1) is 11.9. The van der Waals surface area contributed by atoms with Crippen LogP contribution in [-0.4, -0.2) is 46.3 Å². The number of hydrogen-bond acceptors (Lipinski definition) is 4. The fraction of sp³-hybridized carbons (Fsp3) is 0.438. The Labute approximate surface area is 145 Å². The van der Waals surface area contributed by atoms with E-state index in [-0.39, 0.29) is 5.75 Å². The summed E-state index contributed by atoms with van der Waals surface area (Å²) in [5.74, 6) is 2.47. The molecular weight excluding hydrogens is 330 g/mol. The zero-order valence-electron chi connectivity index (χ0n) is 14.7. The lowest BCUT2D eigenvalue weighted by Gasteiger charge is -2.22. The van der Waals surface area contributed by atoms with Gasteiger partial charge in [-0.3, -0.25) is 4.99 Å². The maximum Gasteiger partial charge on any atom is 0.387 e. The van der Waals surface area contributed by atoms with E-state index in [9.17, 15) is 8.78 Å². The van der Waals surface area contributed by atoms with Crippen molar-refractivity contribution in [3.63, 3.8) is 0 Å². The molecule has 0 aliphatic carbocycles. The fourth-order valence-electron chi connectivity index (χ4n) is 2.27. The summed E-state index contributed by atoms with van der Waals surface area (Å²) in [4.78, 5) is 6.17. The van der Waals surface area contributed by atoms with Crippen LogP contribution in [0, 0.1) is 6.92 Å². The third kappa shape index (κ3) is 5.13. The molecule has 1 aromatic carbocycles. The van der Waals surface area contributed by atoms with Gasteiger partial charge in [-0.15, -0.1) is 10.2 Å². The average Bonchev–Trinajstić information content (AvgIpc) is 2.89. The molecule has 0 atom stereocenters. The van der Waals surface area contributed by atoms with Crippen LogP contribution >= 0.6 is 0 Å². The van der Waals surface area contributed by atoms with Gasteiger partial charge < -0.3 is 19.5 Å². The molecule has 0 aliphatic heterocycles. The SMILES string of the molecule is CN=C(NCc1nnc(C)n1C)N(C)Cc1ccc(OC(F)F)cc1. The van der Waals surface area contributed by atoms with Crippen LogP contribution in [-0.2, 0) is 20.1 Å². The molecule has 0 unspecified atom stereocenters. The van der Waals surface area contributed by atoms with Crippen LogP contribution in [0.1, 0.15) is 17.2 Å². The highest BCUT2D eigenvalue weighted by Crippen LogP contribution is 2.15. The van der Waals surface area contributed by atoms with Crippen LogP contribution in [0.3, 0.4) is 0 Å². The van der Waals surface area contributed by atoms with E-state index in [1.807, 2.05) is 30.5 Å². The minimum atomic E-state index is -2.82. The number of aromatic nitrogens is 3. The van der Waals surface area contributed by atoms with Gasteiger partial charge in [0.25, 0.3) is 0 Å². The fourth-order valence-corrected chi connectivity index (χ4v) is 2.27. The van der Waals surface area contributed by atoms with E-state index in [0.717, 1.165) is 17.2 Å². The molecule has 0 aliphatic rings. The number of ether oxygens (including phenoxy) is 1. The van der Waals surface area contributed by atoms with E-state index in [4.69, 9.17) is 0 Å². The summed E-state index contributed by atoms with van der Waals surface area (Å²) >= 11 is 0. The van der Waals surface area contributed by atoms with Crippen molar-refractivity contribution >= 4 is 5.96 Å². The molecule has 136 valence electrons. The van der Waals surface area contributed by atoms with Crippen LogP contribution in [0.4, 0.5) is 8.78 Å². The van der Waals surface area contributed by atoms with Gasteiger partial charge in [0.1, 0.15) is 11.6 Å². The first kappa shape index (κ1) is 18.6. The highest BCUT2D eigenvalue weighted by atomic mass is 19.3. The maximum atomic E-state index is 12.2. The van der Waals surface area contributed by atoms with Crippen molar-refractivity contribution in [2.45, 2.75) is 26.6 Å². The first-order valence-electron chi connectivity index (χ1n) is 7.71. The molecule has 0 radical (unpaired) electrons. The summed E-state index contributed by atoms with van der Waals surface area (Å²) in [7, 11) is 5.49. The molecule has 0 saturated heterocycles. The second-order valence-electron chi connectivity index (χ2n) is 5.50. The van der Waals surface area contributed by atoms with Crippen LogP contribution in [0.5, 0.6) is 5.75 Å². The zero-order valence-corrected chi connectivity index (χ0v) is 14.7. The lowest BCUT2D eigenvalue weighted by Crippen LogP contribution is -2.38. The van der Waals surface area contributed by atoms with Gasteiger partial charge in [0.15, 0.2) is 11.8 Å². The molecular formula is C16H22F2N6O. The van der Waals surface area contributed by atoms with Crippen molar-refractivity contribution in [2.24, 2.45) is 12.0 Å². The van der Waals surface area contributed by atoms with Crippen LogP contribution < -0.4 is 10.1 Å². The van der Waals surface area contributed by atoms with Crippen molar-refractivity contribution in [1.82, 2.24) is 25.0 Å². The summed E-state index contributed by atoms with van der Waals surface area (Å²) in [6.07, 6.45) is 0. The molecule has 9 heteroatoms. The molecule has 0 amide bonds. The number of hydrogen-bond donors (Lipinski definition) is 1. The number of nitrogens with zero attached hydrogens (tertiary/aromatic N) is 5. The van der Waals surface area contributed by atoms with Gasteiger partial charge in [-0.1, -0.05) is 12.1 Å². The molecule has 1 heterocycles. The van der Waals surface area contributed by atoms with Crippen molar-refractivity contribution < 1.29 is 13.5 Å². The number of benzene rings is 1. The Morgan fingerprint density at radius 2 is 2.00 bits per heavy atom. The summed E-state index contributed by atoms with van der Waals surface area (Å²) in [5, 5.41) is 11.3. The summed E-state index contributed by atoms with van der Waals surface area (Å²) < 4.78 is 30.6. The van der Waals surface area contributed by atoms with Crippen molar-refractivity contribution in [2.75, 3.05) is 14.1 Å². The summed E-state index contributed by atoms with van der Waals surface area (Å²) in [6, 6.07) is 6.53. The van der Waals surface area contributed by atoms with Crippen molar-refractivity contribution in [3.05, 3.63) is 41.5 Å². The van der Waals surface area contributed by atoms with Gasteiger partial charge in [0.2, 0.25) is 0 Å². The summed E-state index contributed by atoms with van der Waals surface area (Å²) in [5.41, 5.74) is 0.946. The first-order valence-corrected chi connectivity index (χ1v) is 7.71. The van der Waals surface area contributed by atoms with Crippen molar-refractivity contribution in [1.29, 1.82) is 0 Å². The Bertz CT molecular complexity index is 714. The van der Waals surface area contributed by atoms with Gasteiger partial charge in [0.05, 0.1) is 6.54 Å². The highest BCUT2D eigenvalue weighted by Gasteiger charge is 2.10. The van der Waals surface area contributed by atoms with E-state index in [1.165, 1.54) is 12.1 Å². The predicted molar refractivity (Wildman–Crippen MR) is 90.5 cm³/mol. The van der Waals surface area contributed by atoms with Crippen LogP contribution in [0.15, 0.2) is 29.3 Å². The number of alkyl halides is 2. The molecule has 0 saturated carbocycles. The molecule has 2 rings (SSSR count). The third-order valence-corrected chi connectivity index (χ3v) is 3.73. The molecule has 2 aromatic rings. The Morgan fingerprint density at radius 3 is 2.52 bits per heavy atom. The minimum Gasteiger partial charge on any atom is -0.435 e. The smallest absolute Gasteiger partial charge is 0.387 e.